The number of carbonyl (C=O) groups excluding carboxylic acids is 2. The van der Waals surface area contributed by atoms with E-state index in [1.807, 2.05) is 6.92 Å². The number of ketones is 1. The van der Waals surface area contributed by atoms with Crippen LogP contribution in [-0.4, -0.2) is 30.1 Å². The maximum absolute atomic E-state index is 13.9. The molecule has 31 heavy (non-hydrogen) atoms. The van der Waals surface area contributed by atoms with E-state index in [4.69, 9.17) is 4.74 Å². The van der Waals surface area contributed by atoms with Gasteiger partial charge in [-0.3, -0.25) is 9.59 Å². The molecule has 0 amide bonds. The van der Waals surface area contributed by atoms with Crippen LogP contribution in [0.4, 0.5) is 0 Å². The van der Waals surface area contributed by atoms with Gasteiger partial charge in [0.1, 0.15) is 0 Å². The SMILES string of the molecule is C/C=C1/C(=O)[C@@H]2[C@H](CC[C@]3(C)[C@@H](/C(C)=C\CC(=O)OC)CC[C@@H]23)[C@@]2(C)CC[C@@H](O)C[C@@H]12. The average Bonchev–Trinajstić information content (AvgIpc) is 3.10. The minimum Gasteiger partial charge on any atom is -0.469 e. The summed E-state index contributed by atoms with van der Waals surface area (Å²) in [5.74, 6) is 1.77. The zero-order chi connectivity index (χ0) is 22.6. The van der Waals surface area contributed by atoms with E-state index in [0.717, 1.165) is 50.5 Å². The number of aliphatic hydroxyl groups excluding tert-OH is 1. The average molecular weight is 429 g/mol. The van der Waals surface area contributed by atoms with Crippen LogP contribution in [0.5, 0.6) is 0 Å². The fourth-order valence-electron chi connectivity index (χ4n) is 8.41. The molecule has 4 aliphatic carbocycles. The van der Waals surface area contributed by atoms with Crippen molar-refractivity contribution in [3.05, 3.63) is 23.3 Å². The van der Waals surface area contributed by atoms with Crippen molar-refractivity contribution in [2.24, 2.45) is 40.4 Å². The molecule has 0 unspecified atom stereocenters. The molecule has 4 heteroatoms. The molecule has 1 N–H and O–H groups in total. The van der Waals surface area contributed by atoms with E-state index in [2.05, 4.69) is 32.9 Å². The Hall–Kier alpha value is -1.42. The summed E-state index contributed by atoms with van der Waals surface area (Å²) in [6, 6.07) is 0. The Bertz CT molecular complexity index is 810. The molecule has 0 radical (unpaired) electrons. The second kappa shape index (κ2) is 8.17. The Morgan fingerprint density at radius 3 is 2.48 bits per heavy atom. The third-order valence-electron chi connectivity index (χ3n) is 10.1. The van der Waals surface area contributed by atoms with Crippen molar-refractivity contribution in [3.63, 3.8) is 0 Å². The van der Waals surface area contributed by atoms with Crippen molar-refractivity contribution in [2.75, 3.05) is 7.11 Å². The van der Waals surface area contributed by atoms with E-state index in [1.54, 1.807) is 0 Å². The second-order valence-electron chi connectivity index (χ2n) is 11.2. The van der Waals surface area contributed by atoms with Gasteiger partial charge >= 0.3 is 5.97 Å². The molecule has 4 rings (SSSR count). The topological polar surface area (TPSA) is 63.6 Å². The summed E-state index contributed by atoms with van der Waals surface area (Å²) in [6.45, 7) is 8.98. The number of allylic oxidation sites excluding steroid dienone is 3. The van der Waals surface area contributed by atoms with Crippen molar-refractivity contribution in [1.82, 2.24) is 0 Å². The minimum absolute atomic E-state index is 0.111. The van der Waals surface area contributed by atoms with E-state index in [9.17, 15) is 14.7 Å². The second-order valence-corrected chi connectivity index (χ2v) is 11.2. The van der Waals surface area contributed by atoms with Crippen molar-refractivity contribution in [2.45, 2.75) is 85.2 Å². The summed E-state index contributed by atoms with van der Waals surface area (Å²) in [5.41, 5.74) is 2.51. The van der Waals surface area contributed by atoms with Gasteiger partial charge < -0.3 is 9.84 Å². The summed E-state index contributed by atoms with van der Waals surface area (Å²) < 4.78 is 4.82. The number of ether oxygens (including phenoxy) is 1. The summed E-state index contributed by atoms with van der Waals surface area (Å²) in [4.78, 5) is 25.5. The summed E-state index contributed by atoms with van der Waals surface area (Å²) in [7, 11) is 1.44. The smallest absolute Gasteiger partial charge is 0.309 e. The van der Waals surface area contributed by atoms with Gasteiger partial charge in [-0.25, -0.2) is 0 Å². The molecular weight excluding hydrogens is 388 g/mol. The van der Waals surface area contributed by atoms with E-state index in [1.165, 1.54) is 12.7 Å². The van der Waals surface area contributed by atoms with Gasteiger partial charge in [-0.1, -0.05) is 31.6 Å². The Morgan fingerprint density at radius 1 is 1.13 bits per heavy atom. The number of hydrogen-bond donors (Lipinski definition) is 1. The lowest BCUT2D eigenvalue weighted by Crippen LogP contribution is -2.58. The molecule has 4 saturated carbocycles. The zero-order valence-corrected chi connectivity index (χ0v) is 19.9. The highest BCUT2D eigenvalue weighted by Gasteiger charge is 2.63. The molecule has 0 bridgehead atoms. The van der Waals surface area contributed by atoms with Crippen LogP contribution in [0.25, 0.3) is 0 Å². The molecule has 4 nitrogen and oxygen atoms in total. The maximum atomic E-state index is 13.9. The number of carbonyl (C=O) groups is 2. The Balaban J connectivity index is 1.66. The van der Waals surface area contributed by atoms with Crippen LogP contribution >= 0.6 is 0 Å². The normalized spacial score (nSPS) is 46.3. The summed E-state index contributed by atoms with van der Waals surface area (Å²) >= 11 is 0. The van der Waals surface area contributed by atoms with Gasteiger partial charge in [0.15, 0.2) is 5.78 Å². The first-order chi connectivity index (χ1) is 14.7. The van der Waals surface area contributed by atoms with Gasteiger partial charge in [-0.15, -0.1) is 0 Å². The van der Waals surface area contributed by atoms with Gasteiger partial charge in [-0.2, -0.15) is 0 Å². The highest BCUT2D eigenvalue weighted by atomic mass is 16.5. The third-order valence-corrected chi connectivity index (χ3v) is 10.1. The monoisotopic (exact) mass is 428 g/mol. The van der Waals surface area contributed by atoms with Crippen LogP contribution in [0, 0.1) is 40.4 Å². The van der Waals surface area contributed by atoms with Gasteiger partial charge in [0.2, 0.25) is 0 Å². The number of aliphatic hydroxyl groups is 1. The maximum Gasteiger partial charge on any atom is 0.309 e. The van der Waals surface area contributed by atoms with Gasteiger partial charge in [0, 0.05) is 5.92 Å². The van der Waals surface area contributed by atoms with E-state index < -0.39 is 0 Å². The molecule has 0 aromatic carbocycles. The first-order valence-electron chi connectivity index (χ1n) is 12.3. The molecule has 0 aliphatic heterocycles. The fraction of sp³-hybridized carbons (Fsp3) is 0.778. The van der Waals surface area contributed by atoms with Crippen LogP contribution in [0.1, 0.15) is 79.1 Å². The van der Waals surface area contributed by atoms with Crippen LogP contribution in [-0.2, 0) is 14.3 Å². The molecule has 0 saturated heterocycles. The van der Waals surface area contributed by atoms with Crippen LogP contribution in [0.3, 0.4) is 0 Å². The van der Waals surface area contributed by atoms with E-state index >= 15 is 0 Å². The largest absolute Gasteiger partial charge is 0.469 e. The Labute approximate surface area is 187 Å². The van der Waals surface area contributed by atoms with Crippen molar-refractivity contribution < 1.29 is 19.4 Å². The van der Waals surface area contributed by atoms with Crippen molar-refractivity contribution in [3.8, 4) is 0 Å². The van der Waals surface area contributed by atoms with Crippen LogP contribution < -0.4 is 0 Å². The number of methoxy groups -OCH3 is 1. The fourth-order valence-corrected chi connectivity index (χ4v) is 8.41. The summed E-state index contributed by atoms with van der Waals surface area (Å²) in [6.07, 6.45) is 11.2. The first kappa shape index (κ1) is 22.8. The van der Waals surface area contributed by atoms with Crippen LogP contribution in [0.2, 0.25) is 0 Å². The highest BCUT2D eigenvalue weighted by Crippen LogP contribution is 2.68. The predicted molar refractivity (Wildman–Crippen MR) is 121 cm³/mol. The number of fused-ring (bicyclic) bond motifs is 5. The lowest BCUT2D eigenvalue weighted by molar-refractivity contribution is -0.148. The Kier molecular flexibility index (Phi) is 6.00. The molecule has 0 aromatic heterocycles. The molecule has 4 fully saturated rings. The first-order valence-corrected chi connectivity index (χ1v) is 12.3. The lowest BCUT2D eigenvalue weighted by Gasteiger charge is -2.60. The number of esters is 1. The van der Waals surface area contributed by atoms with E-state index in [0.29, 0.717) is 30.0 Å². The van der Waals surface area contributed by atoms with Crippen molar-refractivity contribution >= 4 is 11.8 Å². The molecule has 172 valence electrons. The van der Waals surface area contributed by atoms with Gasteiger partial charge in [-0.05, 0) is 98.9 Å². The zero-order valence-electron chi connectivity index (χ0n) is 19.9. The number of rotatable bonds is 3. The van der Waals surface area contributed by atoms with Crippen LogP contribution in [0.15, 0.2) is 23.3 Å². The Morgan fingerprint density at radius 2 is 1.81 bits per heavy atom. The molecule has 8 atom stereocenters. The standard InChI is InChI=1S/C27H40O4/c1-6-18-22-15-17(28)11-13-27(22,4)21-12-14-26(3)19(16(2)7-10-23(29)31-5)8-9-20(26)24(21)25(18)30/h6-7,17,19-22,24,28H,8-15H2,1-5H3/b16-7-,18-6+/t17-,19-,20+,21+,22+,24+,26-,27-/m1/s1. The molecule has 0 heterocycles. The molecular formula is C27H40O4. The molecule has 0 aromatic rings. The number of Topliss-reactive ketones (excluding diaryl/α,β-unsaturated/α-hetero) is 1. The minimum atomic E-state index is -0.273. The third kappa shape index (κ3) is 3.44. The quantitative estimate of drug-likeness (QED) is 0.379. The summed E-state index contributed by atoms with van der Waals surface area (Å²) in [5, 5.41) is 10.4. The van der Waals surface area contributed by atoms with Gasteiger partial charge in [0.25, 0.3) is 0 Å². The molecule has 0 spiro atoms. The van der Waals surface area contributed by atoms with Gasteiger partial charge in [0.05, 0.1) is 19.6 Å². The van der Waals surface area contributed by atoms with E-state index in [-0.39, 0.29) is 34.7 Å². The van der Waals surface area contributed by atoms with Crippen molar-refractivity contribution in [1.29, 1.82) is 0 Å². The number of hydrogen-bond acceptors (Lipinski definition) is 4. The highest BCUT2D eigenvalue weighted by molar-refractivity contribution is 5.99. The lowest BCUT2D eigenvalue weighted by atomic mass is 9.43. The predicted octanol–water partition coefficient (Wildman–Crippen LogP) is 5.25. The molecule has 4 aliphatic rings.